The van der Waals surface area contributed by atoms with E-state index in [1.54, 1.807) is 25.1 Å². The number of halogens is 1. The van der Waals surface area contributed by atoms with Crippen LogP contribution in [0.1, 0.15) is 37.0 Å². The molecule has 0 bridgehead atoms. The molecular weight excluding hydrogens is 441 g/mol. The van der Waals surface area contributed by atoms with E-state index in [2.05, 4.69) is 5.32 Å². The smallest absolute Gasteiger partial charge is 0.222 e. The Bertz CT molecular complexity index is 1150. The summed E-state index contributed by atoms with van der Waals surface area (Å²) in [5.74, 6) is -0.0284. The lowest BCUT2D eigenvalue weighted by molar-refractivity contribution is -0.123. The van der Waals surface area contributed by atoms with Crippen LogP contribution in [0.15, 0.2) is 35.9 Å². The minimum absolute atomic E-state index is 0.0808. The van der Waals surface area contributed by atoms with Gasteiger partial charge in [-0.15, -0.1) is 0 Å². The van der Waals surface area contributed by atoms with Crippen molar-refractivity contribution in [2.45, 2.75) is 32.7 Å². The van der Waals surface area contributed by atoms with Crippen molar-refractivity contribution in [3.63, 3.8) is 0 Å². The number of ether oxygens (including phenoxy) is 4. The Hall–Kier alpha value is -3.36. The number of nitrogens with one attached hydrogen (secondary N) is 1. The zero-order valence-electron chi connectivity index (χ0n) is 19.6. The molecule has 7 nitrogen and oxygen atoms in total. The summed E-state index contributed by atoms with van der Waals surface area (Å²) in [6.45, 7) is 4.37. The second-order valence-electron chi connectivity index (χ2n) is 8.27. The highest BCUT2D eigenvalue weighted by atomic mass is 19.1. The maximum atomic E-state index is 14.1. The number of fused-ring (bicyclic) bond motifs is 1. The van der Waals surface area contributed by atoms with Gasteiger partial charge in [-0.05, 0) is 77.6 Å². The monoisotopic (exact) mass is 469 g/mol. The summed E-state index contributed by atoms with van der Waals surface area (Å²) in [5, 5.41) is 13.1. The maximum Gasteiger partial charge on any atom is 0.222 e. The first kappa shape index (κ1) is 23.8. The predicted molar refractivity (Wildman–Crippen MR) is 126 cm³/mol. The summed E-state index contributed by atoms with van der Waals surface area (Å²) in [7, 11) is 2.93. The number of hydrogen-bond donors (Lipinski definition) is 2. The Balaban J connectivity index is 1.63. The number of allylic oxidation sites excluding steroid dienone is 2. The van der Waals surface area contributed by atoms with Crippen molar-refractivity contribution in [1.29, 1.82) is 0 Å². The molecule has 8 heteroatoms. The molecule has 4 rings (SSSR count). The Morgan fingerprint density at radius 1 is 1.21 bits per heavy atom. The SMILES string of the molecule is COc1cc(C=C2C(C)=C(CNC(=O)CC3COC(C)O3)c3cc(F)ccc32)cc(OC)c1O. The van der Waals surface area contributed by atoms with Crippen molar-refractivity contribution >= 4 is 23.1 Å². The van der Waals surface area contributed by atoms with Gasteiger partial charge in [0.25, 0.3) is 0 Å². The number of aromatic hydroxyl groups is 1. The molecule has 0 aromatic heterocycles. The van der Waals surface area contributed by atoms with Crippen molar-refractivity contribution in [3.8, 4) is 17.2 Å². The molecule has 34 heavy (non-hydrogen) atoms. The first-order valence-electron chi connectivity index (χ1n) is 11.0. The largest absolute Gasteiger partial charge is 0.502 e. The Labute approximate surface area is 197 Å². The molecule has 1 amide bonds. The zero-order valence-corrected chi connectivity index (χ0v) is 19.6. The van der Waals surface area contributed by atoms with E-state index in [1.807, 2.05) is 13.0 Å². The molecule has 0 radical (unpaired) electrons. The van der Waals surface area contributed by atoms with Crippen molar-refractivity contribution in [2.24, 2.45) is 0 Å². The topological polar surface area (TPSA) is 86.3 Å². The van der Waals surface area contributed by atoms with Crippen LogP contribution in [-0.4, -0.2) is 50.8 Å². The van der Waals surface area contributed by atoms with Crippen molar-refractivity contribution < 1.29 is 33.2 Å². The van der Waals surface area contributed by atoms with Crippen LogP contribution in [0.5, 0.6) is 17.2 Å². The molecule has 2 aromatic carbocycles. The van der Waals surface area contributed by atoms with Crippen molar-refractivity contribution in [1.82, 2.24) is 5.32 Å². The fourth-order valence-electron chi connectivity index (χ4n) is 4.31. The molecule has 1 fully saturated rings. The van der Waals surface area contributed by atoms with Crippen LogP contribution < -0.4 is 14.8 Å². The van der Waals surface area contributed by atoms with Gasteiger partial charge in [0.05, 0.1) is 33.4 Å². The fourth-order valence-corrected chi connectivity index (χ4v) is 4.31. The first-order valence-corrected chi connectivity index (χ1v) is 11.0. The molecule has 2 N–H and O–H groups in total. The molecule has 1 aliphatic heterocycles. The lowest BCUT2D eigenvalue weighted by atomic mass is 10.00. The molecule has 1 saturated heterocycles. The van der Waals surface area contributed by atoms with Crippen LogP contribution in [0.4, 0.5) is 4.39 Å². The van der Waals surface area contributed by atoms with Gasteiger partial charge in [0.15, 0.2) is 17.8 Å². The second-order valence-corrected chi connectivity index (χ2v) is 8.27. The highest BCUT2D eigenvalue weighted by Gasteiger charge is 2.27. The standard InChI is InChI=1S/C26H28FNO6/c1-14-20(7-16-8-23(31-3)26(30)24(9-16)32-4)19-6-5-17(27)10-21(19)22(14)12-28-25(29)11-18-13-33-15(2)34-18/h5-10,15,18,30H,11-13H2,1-4H3,(H,28,29). The lowest BCUT2D eigenvalue weighted by Gasteiger charge is -2.11. The first-order chi connectivity index (χ1) is 16.3. The Morgan fingerprint density at radius 2 is 1.91 bits per heavy atom. The molecule has 2 unspecified atom stereocenters. The quantitative estimate of drug-likeness (QED) is 0.634. The van der Waals surface area contributed by atoms with Gasteiger partial charge in [0, 0.05) is 6.54 Å². The van der Waals surface area contributed by atoms with E-state index in [0.717, 1.165) is 33.4 Å². The molecule has 0 spiro atoms. The summed E-state index contributed by atoms with van der Waals surface area (Å²) in [5.41, 5.74) is 4.97. The predicted octanol–water partition coefficient (Wildman–Crippen LogP) is 4.14. The van der Waals surface area contributed by atoms with Crippen LogP contribution >= 0.6 is 0 Å². The fraction of sp³-hybridized carbons (Fsp3) is 0.346. The summed E-state index contributed by atoms with van der Waals surface area (Å²) >= 11 is 0. The molecule has 1 aliphatic carbocycles. The summed E-state index contributed by atoms with van der Waals surface area (Å²) in [4.78, 5) is 12.5. The Morgan fingerprint density at radius 3 is 2.53 bits per heavy atom. The van der Waals surface area contributed by atoms with Crippen LogP contribution in [0.3, 0.4) is 0 Å². The highest BCUT2D eigenvalue weighted by Crippen LogP contribution is 2.44. The highest BCUT2D eigenvalue weighted by molar-refractivity contribution is 6.06. The van der Waals surface area contributed by atoms with E-state index in [9.17, 15) is 14.3 Å². The summed E-state index contributed by atoms with van der Waals surface area (Å²) < 4.78 is 35.5. The molecular formula is C26H28FNO6. The number of carbonyl (C=O) groups is 1. The van der Waals surface area contributed by atoms with E-state index in [4.69, 9.17) is 18.9 Å². The number of phenols is 1. The van der Waals surface area contributed by atoms with Gasteiger partial charge in [0.1, 0.15) is 5.82 Å². The van der Waals surface area contributed by atoms with Gasteiger partial charge in [-0.25, -0.2) is 4.39 Å². The van der Waals surface area contributed by atoms with Gasteiger partial charge >= 0.3 is 0 Å². The van der Waals surface area contributed by atoms with Gasteiger partial charge in [0.2, 0.25) is 11.7 Å². The van der Waals surface area contributed by atoms with E-state index >= 15 is 0 Å². The van der Waals surface area contributed by atoms with E-state index < -0.39 is 0 Å². The average molecular weight is 470 g/mol. The van der Waals surface area contributed by atoms with Crippen LogP contribution in [0, 0.1) is 5.82 Å². The van der Waals surface area contributed by atoms with E-state index in [-0.39, 0.29) is 54.3 Å². The zero-order chi connectivity index (χ0) is 24.4. The number of carbonyl (C=O) groups excluding carboxylic acids is 1. The lowest BCUT2D eigenvalue weighted by Crippen LogP contribution is -2.29. The number of benzene rings is 2. The molecule has 0 saturated carbocycles. The number of amides is 1. The van der Waals surface area contributed by atoms with Gasteiger partial charge in [-0.3, -0.25) is 4.79 Å². The minimum Gasteiger partial charge on any atom is -0.502 e. The maximum absolute atomic E-state index is 14.1. The second kappa shape index (κ2) is 9.87. The molecule has 2 aliphatic rings. The van der Waals surface area contributed by atoms with Crippen LogP contribution in [0.25, 0.3) is 17.2 Å². The van der Waals surface area contributed by atoms with Gasteiger partial charge in [-0.1, -0.05) is 6.07 Å². The number of rotatable bonds is 7. The third-order valence-electron chi connectivity index (χ3n) is 6.04. The van der Waals surface area contributed by atoms with Crippen molar-refractivity contribution in [3.05, 3.63) is 58.4 Å². The molecule has 2 atom stereocenters. The average Bonchev–Trinajstić information content (AvgIpc) is 3.33. The minimum atomic E-state index is -0.352. The number of phenolic OH excluding ortho intramolecular Hbond substituents is 1. The molecule has 1 heterocycles. The number of methoxy groups -OCH3 is 2. The van der Waals surface area contributed by atoms with Crippen molar-refractivity contribution in [2.75, 3.05) is 27.4 Å². The van der Waals surface area contributed by atoms with E-state index in [1.165, 1.54) is 26.4 Å². The number of hydrogen-bond acceptors (Lipinski definition) is 6. The third kappa shape index (κ3) is 4.78. The van der Waals surface area contributed by atoms with Crippen LogP contribution in [0.2, 0.25) is 0 Å². The summed E-state index contributed by atoms with van der Waals surface area (Å²) in [6.07, 6.45) is 1.55. The van der Waals surface area contributed by atoms with Gasteiger partial charge < -0.3 is 29.4 Å². The molecule has 180 valence electrons. The molecule has 2 aromatic rings. The van der Waals surface area contributed by atoms with Crippen LogP contribution in [-0.2, 0) is 14.3 Å². The third-order valence-corrected chi connectivity index (χ3v) is 6.04. The normalized spacial score (nSPS) is 20.6. The summed E-state index contributed by atoms with van der Waals surface area (Å²) in [6, 6.07) is 8.03. The van der Waals surface area contributed by atoms with Gasteiger partial charge in [-0.2, -0.15) is 0 Å². The Kier molecular flexibility index (Phi) is 6.90. The van der Waals surface area contributed by atoms with E-state index in [0.29, 0.717) is 6.61 Å².